The fraction of sp³-hybridized carbons (Fsp3) is 0.286. The standard InChI is InChI=1S/C14H14BrNO4/c1-4-20-14(17)12-8(2)16(18)7-9-10(15)5-6-11(19-3)13(9)12/h5-7H,4H2,1-3H3. The summed E-state index contributed by atoms with van der Waals surface area (Å²) < 4.78 is 11.7. The highest BCUT2D eigenvalue weighted by Gasteiger charge is 2.25. The Labute approximate surface area is 124 Å². The Balaban J connectivity index is 2.91. The van der Waals surface area contributed by atoms with Gasteiger partial charge in [0.05, 0.1) is 24.5 Å². The number of halogens is 1. The molecule has 1 aromatic carbocycles. The van der Waals surface area contributed by atoms with Crippen LogP contribution in [0.2, 0.25) is 0 Å². The van der Waals surface area contributed by atoms with Crippen molar-refractivity contribution in [2.45, 2.75) is 13.8 Å². The molecule has 1 aromatic heterocycles. The summed E-state index contributed by atoms with van der Waals surface area (Å²) in [6, 6.07) is 3.51. The van der Waals surface area contributed by atoms with Crippen molar-refractivity contribution in [2.75, 3.05) is 13.7 Å². The van der Waals surface area contributed by atoms with E-state index < -0.39 is 5.97 Å². The van der Waals surface area contributed by atoms with E-state index >= 15 is 0 Å². The average molecular weight is 340 g/mol. The van der Waals surface area contributed by atoms with Gasteiger partial charge >= 0.3 is 5.97 Å². The zero-order valence-electron chi connectivity index (χ0n) is 11.4. The predicted molar refractivity (Wildman–Crippen MR) is 77.9 cm³/mol. The van der Waals surface area contributed by atoms with Gasteiger partial charge in [0.25, 0.3) is 0 Å². The maximum absolute atomic E-state index is 12.2. The molecule has 0 atom stereocenters. The molecule has 0 aliphatic carbocycles. The monoisotopic (exact) mass is 339 g/mol. The number of methoxy groups -OCH3 is 1. The third-order valence-corrected chi connectivity index (χ3v) is 3.73. The zero-order chi connectivity index (χ0) is 14.9. The van der Waals surface area contributed by atoms with Gasteiger partial charge < -0.3 is 14.7 Å². The van der Waals surface area contributed by atoms with Crippen molar-refractivity contribution >= 4 is 32.7 Å². The molecule has 0 unspecified atom stereocenters. The molecule has 0 saturated heterocycles. The van der Waals surface area contributed by atoms with Gasteiger partial charge in [0, 0.05) is 11.4 Å². The third kappa shape index (κ3) is 2.31. The molecule has 2 rings (SSSR count). The zero-order valence-corrected chi connectivity index (χ0v) is 13.0. The van der Waals surface area contributed by atoms with Crippen LogP contribution < -0.4 is 9.47 Å². The Kier molecular flexibility index (Phi) is 4.13. The van der Waals surface area contributed by atoms with Crippen molar-refractivity contribution in [3.8, 4) is 5.75 Å². The van der Waals surface area contributed by atoms with Gasteiger partial charge in [-0.3, -0.25) is 0 Å². The smallest absolute Gasteiger partial charge is 0.345 e. The van der Waals surface area contributed by atoms with E-state index in [4.69, 9.17) is 9.47 Å². The van der Waals surface area contributed by atoms with Crippen molar-refractivity contribution in [1.82, 2.24) is 0 Å². The molecule has 2 aromatic rings. The van der Waals surface area contributed by atoms with E-state index in [0.717, 1.165) is 0 Å². The minimum absolute atomic E-state index is 0.234. The van der Waals surface area contributed by atoms with E-state index in [1.807, 2.05) is 0 Å². The molecule has 20 heavy (non-hydrogen) atoms. The summed E-state index contributed by atoms with van der Waals surface area (Å²) in [6.07, 6.45) is 1.42. The Bertz CT molecular complexity index is 685. The topological polar surface area (TPSA) is 62.5 Å². The minimum Gasteiger partial charge on any atom is -0.618 e. The van der Waals surface area contributed by atoms with Crippen LogP contribution in [0, 0.1) is 12.1 Å². The van der Waals surface area contributed by atoms with Crippen LogP contribution in [0.1, 0.15) is 23.0 Å². The number of nitrogens with zero attached hydrogens (tertiary/aromatic N) is 1. The van der Waals surface area contributed by atoms with Gasteiger partial charge in [-0.1, -0.05) is 0 Å². The first-order chi connectivity index (χ1) is 9.51. The molecule has 0 radical (unpaired) electrons. The summed E-state index contributed by atoms with van der Waals surface area (Å²) in [6.45, 7) is 3.54. The minimum atomic E-state index is -0.531. The van der Waals surface area contributed by atoms with E-state index in [-0.39, 0.29) is 17.9 Å². The fourth-order valence-corrected chi connectivity index (χ4v) is 2.52. The molecule has 5 nitrogen and oxygen atoms in total. The van der Waals surface area contributed by atoms with Gasteiger partial charge in [-0.05, 0) is 35.0 Å². The molecule has 1 heterocycles. The molecule has 0 spiro atoms. The van der Waals surface area contributed by atoms with E-state index in [1.54, 1.807) is 26.0 Å². The highest BCUT2D eigenvalue weighted by Crippen LogP contribution is 2.34. The number of carbonyl (C=O) groups is 1. The summed E-state index contributed by atoms with van der Waals surface area (Å²) in [4.78, 5) is 12.2. The van der Waals surface area contributed by atoms with E-state index in [0.29, 0.717) is 25.7 Å². The molecule has 106 valence electrons. The van der Waals surface area contributed by atoms with Crippen molar-refractivity contribution in [2.24, 2.45) is 0 Å². The van der Waals surface area contributed by atoms with Gasteiger partial charge in [-0.25, -0.2) is 4.79 Å². The second kappa shape index (κ2) is 5.66. The van der Waals surface area contributed by atoms with Crippen LogP contribution in [-0.4, -0.2) is 19.7 Å². The Morgan fingerprint density at radius 3 is 2.75 bits per heavy atom. The van der Waals surface area contributed by atoms with Crippen molar-refractivity contribution in [3.05, 3.63) is 39.3 Å². The van der Waals surface area contributed by atoms with Crippen molar-refractivity contribution in [1.29, 1.82) is 0 Å². The summed E-state index contributed by atoms with van der Waals surface area (Å²) in [5.41, 5.74) is 0.518. The van der Waals surface area contributed by atoms with Gasteiger partial charge in [-0.15, -0.1) is 0 Å². The number of aromatic nitrogens is 1. The van der Waals surface area contributed by atoms with Crippen LogP contribution in [-0.2, 0) is 4.74 Å². The largest absolute Gasteiger partial charge is 0.618 e. The van der Waals surface area contributed by atoms with E-state index in [9.17, 15) is 10.0 Å². The molecule has 0 bridgehead atoms. The lowest BCUT2D eigenvalue weighted by molar-refractivity contribution is -0.610. The third-order valence-electron chi connectivity index (χ3n) is 3.04. The molecule has 0 fully saturated rings. The maximum Gasteiger partial charge on any atom is 0.345 e. The lowest BCUT2D eigenvalue weighted by Crippen LogP contribution is -2.32. The van der Waals surface area contributed by atoms with Crippen LogP contribution in [0.5, 0.6) is 5.75 Å². The number of rotatable bonds is 3. The SMILES string of the molecule is CCOC(=O)c1c(C)[n+]([O-])cc2c(Br)ccc(OC)c12. The highest BCUT2D eigenvalue weighted by molar-refractivity contribution is 9.10. The van der Waals surface area contributed by atoms with Gasteiger partial charge in [0.15, 0.2) is 6.20 Å². The first-order valence-corrected chi connectivity index (χ1v) is 6.86. The Morgan fingerprint density at radius 1 is 1.45 bits per heavy atom. The van der Waals surface area contributed by atoms with Crippen LogP contribution in [0.15, 0.2) is 22.8 Å². The average Bonchev–Trinajstić information content (AvgIpc) is 2.42. The summed E-state index contributed by atoms with van der Waals surface area (Å²) in [5, 5.41) is 13.1. The van der Waals surface area contributed by atoms with Crippen LogP contribution in [0.3, 0.4) is 0 Å². The van der Waals surface area contributed by atoms with Crippen LogP contribution >= 0.6 is 15.9 Å². The lowest BCUT2D eigenvalue weighted by atomic mass is 10.0. The van der Waals surface area contributed by atoms with Crippen LogP contribution in [0.4, 0.5) is 0 Å². The van der Waals surface area contributed by atoms with Crippen molar-refractivity contribution < 1.29 is 19.0 Å². The normalized spacial score (nSPS) is 10.6. The second-order valence-corrected chi connectivity index (χ2v) is 5.03. The predicted octanol–water partition coefficient (Wildman–Crippen LogP) is 2.73. The number of pyridine rings is 1. The fourth-order valence-electron chi connectivity index (χ4n) is 2.09. The second-order valence-electron chi connectivity index (χ2n) is 4.17. The van der Waals surface area contributed by atoms with Gasteiger partial charge in [0.2, 0.25) is 5.69 Å². The number of esters is 1. The number of hydrogen-bond acceptors (Lipinski definition) is 4. The summed E-state index contributed by atoms with van der Waals surface area (Å²) >= 11 is 3.38. The quantitative estimate of drug-likeness (QED) is 0.490. The maximum atomic E-state index is 12.2. The first kappa shape index (κ1) is 14.6. The molecular formula is C14H14BrNO4. The summed E-state index contributed by atoms with van der Waals surface area (Å²) in [7, 11) is 1.52. The van der Waals surface area contributed by atoms with Gasteiger partial charge in [-0.2, -0.15) is 4.73 Å². The molecule has 6 heteroatoms. The number of fused-ring (bicyclic) bond motifs is 1. The number of ether oxygens (including phenoxy) is 2. The van der Waals surface area contributed by atoms with Crippen LogP contribution in [0.25, 0.3) is 10.8 Å². The molecule has 0 aliphatic rings. The first-order valence-electron chi connectivity index (χ1n) is 6.07. The highest BCUT2D eigenvalue weighted by atomic mass is 79.9. The Hall–Kier alpha value is -1.82. The molecule has 0 amide bonds. The summed E-state index contributed by atoms with van der Waals surface area (Å²) in [5.74, 6) is -0.00782. The number of hydrogen-bond donors (Lipinski definition) is 0. The lowest BCUT2D eigenvalue weighted by Gasteiger charge is -2.13. The van der Waals surface area contributed by atoms with Crippen molar-refractivity contribution in [3.63, 3.8) is 0 Å². The molecule has 0 N–H and O–H groups in total. The number of carbonyl (C=O) groups excluding carboxylic acids is 1. The Morgan fingerprint density at radius 2 is 2.15 bits per heavy atom. The molecular weight excluding hydrogens is 326 g/mol. The van der Waals surface area contributed by atoms with E-state index in [2.05, 4.69) is 15.9 Å². The molecule has 0 saturated carbocycles. The van der Waals surface area contributed by atoms with E-state index in [1.165, 1.54) is 13.3 Å². The number of benzene rings is 1. The van der Waals surface area contributed by atoms with Gasteiger partial charge in [0.1, 0.15) is 11.3 Å². The molecule has 0 aliphatic heterocycles.